The summed E-state index contributed by atoms with van der Waals surface area (Å²) in [5.41, 5.74) is 34.0. The molecule has 11 aromatic rings. The predicted octanol–water partition coefficient (Wildman–Crippen LogP) is 10.7. The zero-order chi connectivity index (χ0) is 82.4. The van der Waals surface area contributed by atoms with E-state index in [2.05, 4.69) is 134 Å². The van der Waals surface area contributed by atoms with Crippen LogP contribution in [0, 0.1) is 6.57 Å². The van der Waals surface area contributed by atoms with Crippen LogP contribution in [0.3, 0.4) is 0 Å². The quantitative estimate of drug-likeness (QED) is 0.0204. The molecule has 0 saturated heterocycles. The van der Waals surface area contributed by atoms with E-state index in [9.17, 15) is 38.4 Å². The van der Waals surface area contributed by atoms with Crippen LogP contribution < -0.4 is 39.3 Å². The molecule has 0 saturated carbocycles. The molecule has 34 nitrogen and oxygen atoms in total. The maximum Gasteiger partial charge on any atom is 0.328 e. The van der Waals surface area contributed by atoms with Crippen LogP contribution in [0.1, 0.15) is 116 Å². The summed E-state index contributed by atoms with van der Waals surface area (Å²) in [5, 5.41) is 29.3. The second-order valence-electron chi connectivity index (χ2n) is 26.5. The summed E-state index contributed by atoms with van der Waals surface area (Å²) in [5.74, 6) is -3.58. The van der Waals surface area contributed by atoms with Gasteiger partial charge in [0.25, 0.3) is 29.5 Å². The average Bonchev–Trinajstić information content (AvgIpc) is 1.64. The number of nitrogen functional groups attached to an aromatic ring is 1. The highest BCUT2D eigenvalue weighted by molar-refractivity contribution is 9.11. The van der Waals surface area contributed by atoms with Gasteiger partial charge < -0.3 is 63.5 Å². The normalized spacial score (nSPS) is 11.6. The number of carbonyl (C=O) groups excluding carboxylic acids is 7. The number of nitrogens with two attached hydrogens (primary N) is 5. The first-order valence-electron chi connectivity index (χ1n) is 33.2. The number of nitrogens with zero attached hydrogens (tertiary/aromatic N) is 15. The van der Waals surface area contributed by atoms with Crippen LogP contribution >= 0.6 is 63.7 Å². The number of carboxylic acid groups (broad SMARTS) is 1. The van der Waals surface area contributed by atoms with Crippen LogP contribution in [0.4, 0.5) is 28.6 Å². The average molecular weight is 1790 g/mol. The molecule has 6 aromatic heterocycles. The molecule has 582 valence electrons. The molecular weight excluding hydrogens is 1710 g/mol. The molecule has 13 N–H and O–H groups in total. The molecule has 0 radical (unpaired) electrons. The van der Waals surface area contributed by atoms with Crippen molar-refractivity contribution in [3.8, 4) is 0 Å². The van der Waals surface area contributed by atoms with E-state index < -0.39 is 52.7 Å². The molecule has 38 heteroatoms. The first kappa shape index (κ1) is 86.9. The molecule has 0 unspecified atom stereocenters. The Bertz CT molecular complexity index is 5380. The lowest BCUT2D eigenvalue weighted by Crippen LogP contribution is -2.27. The molecule has 112 heavy (non-hydrogen) atoms. The molecular formula is C74H76Br4N22O12. The van der Waals surface area contributed by atoms with Gasteiger partial charge in [-0.15, -0.1) is 0 Å². The van der Waals surface area contributed by atoms with E-state index in [1.165, 1.54) is 26.7 Å². The Morgan fingerprint density at radius 1 is 0.500 bits per heavy atom. The molecule has 0 fully saturated rings. The fourth-order valence-corrected chi connectivity index (χ4v) is 11.2. The second-order valence-corrected chi connectivity index (χ2v) is 29.9. The van der Waals surface area contributed by atoms with Gasteiger partial charge in [0.15, 0.2) is 17.1 Å². The van der Waals surface area contributed by atoms with Crippen molar-refractivity contribution in [1.29, 1.82) is 0 Å². The number of carboxylic acids is 1. The minimum atomic E-state index is -1.06. The van der Waals surface area contributed by atoms with Crippen molar-refractivity contribution in [3.63, 3.8) is 0 Å². The number of halogens is 4. The van der Waals surface area contributed by atoms with Crippen molar-refractivity contribution in [2.75, 3.05) is 21.7 Å². The van der Waals surface area contributed by atoms with Gasteiger partial charge >= 0.3 is 23.9 Å². The molecule has 0 atom stereocenters. The Kier molecular flexibility index (Phi) is 30.5. The Labute approximate surface area is 674 Å². The third-order valence-corrected chi connectivity index (χ3v) is 16.1. The molecule has 8 heterocycles. The summed E-state index contributed by atoms with van der Waals surface area (Å²) >= 11 is 13.0. The predicted molar refractivity (Wildman–Crippen MR) is 433 cm³/mol. The van der Waals surface area contributed by atoms with Crippen molar-refractivity contribution < 1.29 is 57.7 Å². The van der Waals surface area contributed by atoms with Gasteiger partial charge in [-0.25, -0.2) is 24.9 Å². The van der Waals surface area contributed by atoms with Crippen LogP contribution in [-0.4, -0.2) is 146 Å². The van der Waals surface area contributed by atoms with E-state index in [1.54, 1.807) is 140 Å². The summed E-state index contributed by atoms with van der Waals surface area (Å²) in [7, 11) is 0. The fourth-order valence-electron chi connectivity index (χ4n) is 10.0. The number of aromatic nitrogens is 12. The number of rotatable bonds is 15. The van der Waals surface area contributed by atoms with Gasteiger partial charge in [0, 0.05) is 64.5 Å². The van der Waals surface area contributed by atoms with Gasteiger partial charge in [-0.05, 0) is 152 Å². The van der Waals surface area contributed by atoms with Crippen molar-refractivity contribution in [2.45, 2.75) is 112 Å². The number of aliphatic imine (C=N–C) groups is 2. The fraction of sp³-hybridized carbons (Fsp3) is 0.243. The largest absolute Gasteiger partial charge is 0.480 e. The molecule has 13 rings (SSSR count). The Hall–Kier alpha value is -12.3. The van der Waals surface area contributed by atoms with Crippen LogP contribution in [0.15, 0.2) is 170 Å². The Morgan fingerprint density at radius 3 is 1.34 bits per heavy atom. The molecule has 5 aromatic carbocycles. The van der Waals surface area contributed by atoms with Gasteiger partial charge in [-0.1, -0.05) is 82.4 Å². The topological polar surface area (TPSA) is 499 Å². The minimum Gasteiger partial charge on any atom is -0.480 e. The number of primary amides is 4. The second kappa shape index (κ2) is 39.3. The third kappa shape index (κ3) is 26.5. The standard InChI is InChI=1S/C18H20N6O3.C14H16BrN3O3.C14H12N6O3.C9H7BrN2O.C9H5BrN2.C6H11BrO2.C4H5N3/c1-18(2,3)27-15(25)10-24-13-5-4-11(22-14-9-20-6-7-21-14)8-12(13)16(23-24)17(19)26;1-14(2,3)21-11(19)7-18-10-5-4-8(15)6-9(10)12(17-18)13(16)20;15-14(23)13-10-3-8(18-9-4-16-7-17-5-9)1-2-11(10)20(19-13)6-12(21)22;10-6-2-1-5-4-12-8(9(11)13)7(5)3-6;1-11-9-8-4-7(10)3-2-6(8)5-12-9;1-6(2,3)9-5(8)4-7;5-4-1-6-3-7-2-4/h4-9H,10H2,1-3H3,(H2,19,26)(H,21,22);4-6H,7H2,1-3H3,(H2,16,20);1-5,7,18H,6H2,(H2,15,23)(H,21,22);1-3H,4H2,(H2,11,13);2-4H,5H2;4H2,1-3H3;1-3H,5H2. The van der Waals surface area contributed by atoms with Crippen molar-refractivity contribution >= 4 is 184 Å². The number of benzene rings is 5. The number of ether oxygens (including phenoxy) is 3. The maximum atomic E-state index is 12.1. The van der Waals surface area contributed by atoms with E-state index >= 15 is 0 Å². The highest BCUT2D eigenvalue weighted by Crippen LogP contribution is 2.30. The van der Waals surface area contributed by atoms with E-state index in [1.807, 2.05) is 57.2 Å². The van der Waals surface area contributed by atoms with E-state index in [0.717, 1.165) is 35.7 Å². The van der Waals surface area contributed by atoms with Gasteiger partial charge in [-0.2, -0.15) is 20.3 Å². The number of fused-ring (bicyclic) bond motifs is 5. The highest BCUT2D eigenvalue weighted by atomic mass is 79.9. The van der Waals surface area contributed by atoms with Crippen LogP contribution in [0.25, 0.3) is 37.6 Å². The number of esters is 3. The molecule has 4 amide bonds. The lowest BCUT2D eigenvalue weighted by atomic mass is 10.1. The summed E-state index contributed by atoms with van der Waals surface area (Å²) in [6.07, 6.45) is 13.9. The summed E-state index contributed by atoms with van der Waals surface area (Å²) < 4.78 is 22.3. The lowest BCUT2D eigenvalue weighted by molar-refractivity contribution is -0.156. The van der Waals surface area contributed by atoms with Crippen molar-refractivity contribution in [3.05, 3.63) is 211 Å². The number of hydrogen-bond donors (Lipinski definition) is 8. The number of alkyl halides is 1. The van der Waals surface area contributed by atoms with Gasteiger partial charge in [0.2, 0.25) is 0 Å². The number of nitrogens with one attached hydrogen (secondary N) is 2. The summed E-state index contributed by atoms with van der Waals surface area (Å²) in [6, 6.07) is 27.3. The smallest absolute Gasteiger partial charge is 0.328 e. The van der Waals surface area contributed by atoms with Crippen LogP contribution in [0.2, 0.25) is 0 Å². The minimum absolute atomic E-state index is 0.0224. The summed E-state index contributed by atoms with van der Waals surface area (Å²) in [4.78, 5) is 126. The van der Waals surface area contributed by atoms with E-state index in [-0.39, 0.29) is 53.6 Å². The number of hydrogen-bond acceptors (Lipinski definition) is 25. The number of aliphatic carboxylic acids is 1. The number of amidine groups is 1. The number of anilines is 5. The number of carbonyl (C=O) groups is 8. The summed E-state index contributed by atoms with van der Waals surface area (Å²) in [6.45, 7) is 23.8. The maximum absolute atomic E-state index is 12.1. The molecule has 2 aliphatic heterocycles. The Balaban J connectivity index is 0.000000189. The van der Waals surface area contributed by atoms with E-state index in [0.29, 0.717) is 85.9 Å². The van der Waals surface area contributed by atoms with Gasteiger partial charge in [0.1, 0.15) is 72.5 Å². The highest BCUT2D eigenvalue weighted by Gasteiger charge is 2.25. The lowest BCUT2D eigenvalue weighted by Gasteiger charge is -2.19. The van der Waals surface area contributed by atoms with E-state index in [4.69, 9.17) is 54.6 Å². The van der Waals surface area contributed by atoms with Crippen LogP contribution in [0.5, 0.6) is 0 Å². The molecule has 0 spiro atoms. The first-order chi connectivity index (χ1) is 52.8. The number of amides is 4. The van der Waals surface area contributed by atoms with Crippen molar-refractivity contribution in [1.82, 2.24) is 59.2 Å². The van der Waals surface area contributed by atoms with Gasteiger partial charge in [-0.3, -0.25) is 62.4 Å². The zero-order valence-corrected chi connectivity index (χ0v) is 68.0. The molecule has 0 bridgehead atoms. The SMILES string of the molecule is CC(C)(C)OC(=O)CBr.CC(C)(C)OC(=O)Cn1nc(C(N)=O)c2cc(Br)ccc21.CC(C)(C)OC(=O)Cn1nc(C(N)=O)c2cc(Nc3cnccn3)ccc21.NC(=O)C1=NCc2ccc(Br)cc21.NC(=O)c1nn(CC(=O)O)c2ccc(Nc3cncnc3)cc12.Nc1cncnc1.[C-]#[N+]C1=NCc2ccc(Br)cc21. The van der Waals surface area contributed by atoms with Crippen LogP contribution in [-0.2, 0) is 70.9 Å². The first-order valence-corrected chi connectivity index (χ1v) is 36.7. The Morgan fingerprint density at radius 2 is 0.920 bits per heavy atom. The molecule has 0 aliphatic carbocycles. The zero-order valence-electron chi connectivity index (χ0n) is 61.6. The van der Waals surface area contributed by atoms with Crippen molar-refractivity contribution in [2.24, 2.45) is 32.9 Å². The third-order valence-electron chi connectivity index (χ3n) is 14.2. The monoisotopic (exact) mass is 1780 g/mol. The van der Waals surface area contributed by atoms with Gasteiger partial charge in [0.05, 0.1) is 65.5 Å². The molecule has 2 aliphatic rings.